The second kappa shape index (κ2) is 3.74. The fraction of sp³-hybridized carbons (Fsp3) is 0.333. The molecule has 0 atom stereocenters. The van der Waals surface area contributed by atoms with Crippen molar-refractivity contribution in [3.05, 3.63) is 28.9 Å². The SMILES string of the molecule is N=C(N)c1nn(CC2CC2)c2c(Cl)cccc12. The number of rotatable bonds is 3. The summed E-state index contributed by atoms with van der Waals surface area (Å²) in [5.74, 6) is 0.695. The molecule has 3 rings (SSSR count). The third kappa shape index (κ3) is 1.78. The Balaban J connectivity index is 2.22. The van der Waals surface area contributed by atoms with Crippen LogP contribution in [0.3, 0.4) is 0 Å². The summed E-state index contributed by atoms with van der Waals surface area (Å²) in [7, 11) is 0. The smallest absolute Gasteiger partial charge is 0.144 e. The van der Waals surface area contributed by atoms with Crippen molar-refractivity contribution in [2.45, 2.75) is 19.4 Å². The van der Waals surface area contributed by atoms with Gasteiger partial charge in [0.2, 0.25) is 0 Å². The van der Waals surface area contributed by atoms with Crippen LogP contribution in [0.5, 0.6) is 0 Å². The van der Waals surface area contributed by atoms with Crippen molar-refractivity contribution in [2.24, 2.45) is 11.7 Å². The molecule has 1 aromatic heterocycles. The lowest BCUT2D eigenvalue weighted by Gasteiger charge is -2.02. The van der Waals surface area contributed by atoms with Crippen LogP contribution >= 0.6 is 11.6 Å². The average molecular weight is 249 g/mol. The Morgan fingerprint density at radius 1 is 1.53 bits per heavy atom. The lowest BCUT2D eigenvalue weighted by molar-refractivity contribution is 0.579. The second-order valence-electron chi connectivity index (χ2n) is 4.52. The summed E-state index contributed by atoms with van der Waals surface area (Å²) in [4.78, 5) is 0. The maximum Gasteiger partial charge on any atom is 0.144 e. The van der Waals surface area contributed by atoms with Crippen LogP contribution in [0.4, 0.5) is 0 Å². The van der Waals surface area contributed by atoms with Crippen LogP contribution in [0.1, 0.15) is 18.5 Å². The zero-order valence-corrected chi connectivity index (χ0v) is 10.0. The highest BCUT2D eigenvalue weighted by atomic mass is 35.5. The van der Waals surface area contributed by atoms with Crippen molar-refractivity contribution in [1.82, 2.24) is 9.78 Å². The van der Waals surface area contributed by atoms with Gasteiger partial charge in [-0.3, -0.25) is 10.1 Å². The van der Waals surface area contributed by atoms with E-state index in [1.165, 1.54) is 12.8 Å². The molecule has 1 fully saturated rings. The van der Waals surface area contributed by atoms with Crippen LogP contribution in [0, 0.1) is 11.3 Å². The molecule has 0 radical (unpaired) electrons. The zero-order valence-electron chi connectivity index (χ0n) is 9.28. The lowest BCUT2D eigenvalue weighted by atomic mass is 10.2. The fourth-order valence-corrected chi connectivity index (χ4v) is 2.34. The molecule has 0 saturated heterocycles. The molecule has 0 bridgehead atoms. The number of hydrogen-bond donors (Lipinski definition) is 2. The van der Waals surface area contributed by atoms with Crippen LogP contribution < -0.4 is 5.73 Å². The Kier molecular flexibility index (Phi) is 2.33. The molecule has 0 amide bonds. The molecule has 0 unspecified atom stereocenters. The van der Waals surface area contributed by atoms with Crippen molar-refractivity contribution in [3.63, 3.8) is 0 Å². The largest absolute Gasteiger partial charge is 0.382 e. The summed E-state index contributed by atoms with van der Waals surface area (Å²) < 4.78 is 1.89. The van der Waals surface area contributed by atoms with Crippen LogP contribution in [-0.2, 0) is 6.54 Å². The van der Waals surface area contributed by atoms with Crippen molar-refractivity contribution in [3.8, 4) is 0 Å². The summed E-state index contributed by atoms with van der Waals surface area (Å²) in [5, 5.41) is 13.5. The number of nitrogens with two attached hydrogens (primary N) is 1. The lowest BCUT2D eigenvalue weighted by Crippen LogP contribution is -2.13. The van der Waals surface area contributed by atoms with Gasteiger partial charge in [-0.25, -0.2) is 0 Å². The molecular weight excluding hydrogens is 236 g/mol. The molecule has 1 aliphatic carbocycles. The van der Waals surface area contributed by atoms with Crippen LogP contribution in [-0.4, -0.2) is 15.6 Å². The molecule has 88 valence electrons. The maximum atomic E-state index is 7.56. The first kappa shape index (κ1) is 10.6. The maximum absolute atomic E-state index is 7.56. The van der Waals surface area contributed by atoms with E-state index < -0.39 is 0 Å². The molecular formula is C12H13ClN4. The molecule has 0 aliphatic heterocycles. The van der Waals surface area contributed by atoms with E-state index in [1.807, 2.05) is 22.9 Å². The van der Waals surface area contributed by atoms with E-state index in [0.29, 0.717) is 16.6 Å². The number of nitrogens with zero attached hydrogens (tertiary/aromatic N) is 2. The van der Waals surface area contributed by atoms with E-state index in [9.17, 15) is 0 Å². The van der Waals surface area contributed by atoms with E-state index >= 15 is 0 Å². The highest BCUT2D eigenvalue weighted by Gasteiger charge is 2.24. The van der Waals surface area contributed by atoms with E-state index in [0.717, 1.165) is 17.4 Å². The summed E-state index contributed by atoms with van der Waals surface area (Å²) >= 11 is 6.21. The Bertz CT molecular complexity index is 598. The van der Waals surface area contributed by atoms with Gasteiger partial charge in [-0.05, 0) is 24.8 Å². The highest BCUT2D eigenvalue weighted by molar-refractivity contribution is 6.35. The highest BCUT2D eigenvalue weighted by Crippen LogP contribution is 2.33. The Labute approximate surface area is 104 Å². The molecule has 0 spiro atoms. The Hall–Kier alpha value is -1.55. The molecule has 1 heterocycles. The van der Waals surface area contributed by atoms with Gasteiger partial charge >= 0.3 is 0 Å². The first-order chi connectivity index (χ1) is 8.16. The summed E-state index contributed by atoms with van der Waals surface area (Å²) in [6, 6.07) is 5.62. The van der Waals surface area contributed by atoms with E-state index in [-0.39, 0.29) is 5.84 Å². The van der Waals surface area contributed by atoms with Gasteiger partial charge in [0.25, 0.3) is 0 Å². The minimum absolute atomic E-state index is 0.00758. The number of hydrogen-bond acceptors (Lipinski definition) is 2. The van der Waals surface area contributed by atoms with E-state index in [1.54, 1.807) is 0 Å². The van der Waals surface area contributed by atoms with Gasteiger partial charge in [-0.2, -0.15) is 5.10 Å². The number of amidine groups is 1. The van der Waals surface area contributed by atoms with Gasteiger partial charge in [0, 0.05) is 11.9 Å². The van der Waals surface area contributed by atoms with Gasteiger partial charge in [0.15, 0.2) is 0 Å². The average Bonchev–Trinajstić information content (AvgIpc) is 2.99. The molecule has 5 heteroatoms. The van der Waals surface area contributed by atoms with Gasteiger partial charge in [0.05, 0.1) is 10.5 Å². The fourth-order valence-electron chi connectivity index (χ4n) is 2.07. The summed E-state index contributed by atoms with van der Waals surface area (Å²) in [6.07, 6.45) is 2.50. The minimum Gasteiger partial charge on any atom is -0.382 e. The zero-order chi connectivity index (χ0) is 12.0. The molecule has 2 aromatic rings. The molecule has 3 N–H and O–H groups in total. The molecule has 1 saturated carbocycles. The third-order valence-corrected chi connectivity index (χ3v) is 3.41. The topological polar surface area (TPSA) is 67.7 Å². The number of nitrogen functional groups attached to an aromatic ring is 1. The van der Waals surface area contributed by atoms with Crippen molar-refractivity contribution >= 4 is 28.3 Å². The molecule has 1 aromatic carbocycles. The van der Waals surface area contributed by atoms with Crippen LogP contribution in [0.25, 0.3) is 10.9 Å². The second-order valence-corrected chi connectivity index (χ2v) is 4.93. The number of aromatic nitrogens is 2. The minimum atomic E-state index is -0.00758. The number of halogens is 1. The standard InChI is InChI=1S/C12H13ClN4/c13-9-3-1-2-8-10(12(14)15)16-17(11(8)9)6-7-4-5-7/h1-3,7H,4-6H2,(H3,14,15). The predicted molar refractivity (Wildman–Crippen MR) is 68.5 cm³/mol. The van der Waals surface area contributed by atoms with E-state index in [2.05, 4.69) is 5.10 Å². The quantitative estimate of drug-likeness (QED) is 0.647. The van der Waals surface area contributed by atoms with Crippen molar-refractivity contribution < 1.29 is 0 Å². The summed E-state index contributed by atoms with van der Waals surface area (Å²) in [6.45, 7) is 0.869. The summed E-state index contributed by atoms with van der Waals surface area (Å²) in [5.41, 5.74) is 6.98. The van der Waals surface area contributed by atoms with Gasteiger partial charge in [-0.1, -0.05) is 23.7 Å². The van der Waals surface area contributed by atoms with Crippen molar-refractivity contribution in [2.75, 3.05) is 0 Å². The molecule has 4 nitrogen and oxygen atoms in total. The first-order valence-electron chi connectivity index (χ1n) is 5.66. The van der Waals surface area contributed by atoms with Gasteiger partial charge in [0.1, 0.15) is 11.5 Å². The number of benzene rings is 1. The number of para-hydroxylation sites is 1. The monoisotopic (exact) mass is 248 g/mol. The molecule has 1 aliphatic rings. The number of nitrogens with one attached hydrogen (secondary N) is 1. The van der Waals surface area contributed by atoms with E-state index in [4.69, 9.17) is 22.7 Å². The predicted octanol–water partition coefficient (Wildman–Crippen LogP) is 2.38. The molecule has 17 heavy (non-hydrogen) atoms. The normalized spacial score (nSPS) is 15.4. The Morgan fingerprint density at radius 3 is 2.94 bits per heavy atom. The van der Waals surface area contributed by atoms with Crippen LogP contribution in [0.2, 0.25) is 5.02 Å². The number of fused-ring (bicyclic) bond motifs is 1. The van der Waals surface area contributed by atoms with Gasteiger partial charge in [-0.15, -0.1) is 0 Å². The third-order valence-electron chi connectivity index (χ3n) is 3.10. The first-order valence-corrected chi connectivity index (χ1v) is 6.04. The Morgan fingerprint density at radius 2 is 2.29 bits per heavy atom. The van der Waals surface area contributed by atoms with Gasteiger partial charge < -0.3 is 5.73 Å². The van der Waals surface area contributed by atoms with Crippen LogP contribution in [0.15, 0.2) is 18.2 Å². The van der Waals surface area contributed by atoms with Crippen molar-refractivity contribution in [1.29, 1.82) is 5.41 Å².